The van der Waals surface area contributed by atoms with Crippen molar-refractivity contribution in [3.63, 3.8) is 0 Å². The lowest BCUT2D eigenvalue weighted by molar-refractivity contribution is 0.152. The van der Waals surface area contributed by atoms with Crippen LogP contribution in [0.15, 0.2) is 0 Å². The van der Waals surface area contributed by atoms with Gasteiger partial charge in [-0.05, 0) is 26.3 Å². The van der Waals surface area contributed by atoms with Crippen molar-refractivity contribution >= 4 is 15.9 Å². The molecule has 1 saturated heterocycles. The van der Waals surface area contributed by atoms with Gasteiger partial charge >= 0.3 is 0 Å². The van der Waals surface area contributed by atoms with Crippen LogP contribution in [0.3, 0.4) is 0 Å². The molecule has 2 unspecified atom stereocenters. The molecule has 72 valence electrons. The first-order valence-electron chi connectivity index (χ1n) is 4.61. The summed E-state index contributed by atoms with van der Waals surface area (Å²) in [6.45, 7) is 5.60. The van der Waals surface area contributed by atoms with E-state index in [9.17, 15) is 0 Å². The number of likely N-dealkylation sites (tertiary alicyclic amines) is 1. The lowest BCUT2D eigenvalue weighted by Gasteiger charge is -2.23. The highest BCUT2D eigenvalue weighted by Crippen LogP contribution is 2.19. The average Bonchev–Trinajstić information content (AvgIpc) is 2.47. The van der Waals surface area contributed by atoms with Gasteiger partial charge in [0.05, 0.1) is 0 Å². The minimum absolute atomic E-state index is 0.674. The van der Waals surface area contributed by atoms with E-state index in [4.69, 9.17) is 4.74 Å². The van der Waals surface area contributed by atoms with E-state index in [-0.39, 0.29) is 0 Å². The van der Waals surface area contributed by atoms with Crippen molar-refractivity contribution in [3.05, 3.63) is 0 Å². The first-order chi connectivity index (χ1) is 5.74. The minimum atomic E-state index is 0.674. The molecule has 0 radical (unpaired) electrons. The molecule has 2 nitrogen and oxygen atoms in total. The Bertz CT molecular complexity index is 132. The first kappa shape index (κ1) is 10.5. The van der Waals surface area contributed by atoms with Gasteiger partial charge in [0.15, 0.2) is 0 Å². The zero-order chi connectivity index (χ0) is 8.97. The molecular weight excluding hydrogens is 218 g/mol. The highest BCUT2D eigenvalue weighted by molar-refractivity contribution is 9.09. The molecule has 1 heterocycles. The largest absolute Gasteiger partial charge is 0.385 e. The first-order valence-corrected chi connectivity index (χ1v) is 5.52. The minimum Gasteiger partial charge on any atom is -0.385 e. The lowest BCUT2D eigenvalue weighted by Crippen LogP contribution is -2.31. The third kappa shape index (κ3) is 3.04. The number of halogens is 1. The predicted octanol–water partition coefficient (Wildman–Crippen LogP) is 1.88. The summed E-state index contributed by atoms with van der Waals surface area (Å²) in [6, 6.07) is 0.674. The highest BCUT2D eigenvalue weighted by atomic mass is 79.9. The molecule has 0 saturated carbocycles. The number of ether oxygens (including phenoxy) is 1. The topological polar surface area (TPSA) is 12.5 Å². The summed E-state index contributed by atoms with van der Waals surface area (Å²) in [5, 5.41) is 0. The molecule has 0 N–H and O–H groups in total. The third-order valence-corrected chi connectivity index (χ3v) is 3.27. The molecule has 0 aliphatic carbocycles. The van der Waals surface area contributed by atoms with E-state index in [0.717, 1.165) is 13.0 Å². The van der Waals surface area contributed by atoms with Crippen LogP contribution in [0.25, 0.3) is 0 Å². The van der Waals surface area contributed by atoms with Gasteiger partial charge in [0.2, 0.25) is 0 Å². The van der Waals surface area contributed by atoms with Crippen LogP contribution >= 0.6 is 15.9 Å². The summed E-state index contributed by atoms with van der Waals surface area (Å²) in [7, 11) is 1.77. The normalized spacial score (nSPS) is 27.8. The van der Waals surface area contributed by atoms with Crippen LogP contribution in [-0.2, 0) is 4.74 Å². The van der Waals surface area contributed by atoms with Gasteiger partial charge in [-0.1, -0.05) is 15.9 Å². The Morgan fingerprint density at radius 1 is 1.67 bits per heavy atom. The second-order valence-electron chi connectivity index (χ2n) is 3.51. The monoisotopic (exact) mass is 235 g/mol. The maximum absolute atomic E-state index is 5.06. The molecule has 0 aromatic heterocycles. The zero-order valence-corrected chi connectivity index (χ0v) is 9.51. The molecule has 0 aromatic carbocycles. The zero-order valence-electron chi connectivity index (χ0n) is 7.92. The Hall–Kier alpha value is 0.400. The lowest BCUT2D eigenvalue weighted by atomic mass is 10.2. The van der Waals surface area contributed by atoms with Crippen LogP contribution in [-0.4, -0.2) is 42.6 Å². The van der Waals surface area contributed by atoms with Crippen molar-refractivity contribution in [1.82, 2.24) is 4.90 Å². The average molecular weight is 236 g/mol. The SMILES string of the molecule is COCCC(C)N1CCC(Br)C1. The maximum Gasteiger partial charge on any atom is 0.0477 e. The number of hydrogen-bond acceptors (Lipinski definition) is 2. The molecule has 1 fully saturated rings. The van der Waals surface area contributed by atoms with Gasteiger partial charge in [-0.2, -0.15) is 0 Å². The molecule has 0 spiro atoms. The van der Waals surface area contributed by atoms with E-state index in [1.54, 1.807) is 7.11 Å². The molecular formula is C9H18BrNO. The molecule has 0 aromatic rings. The molecule has 0 amide bonds. The van der Waals surface area contributed by atoms with Gasteiger partial charge in [0, 0.05) is 31.1 Å². The fourth-order valence-electron chi connectivity index (χ4n) is 1.61. The number of nitrogens with zero attached hydrogens (tertiary/aromatic N) is 1. The van der Waals surface area contributed by atoms with Crippen LogP contribution in [0.1, 0.15) is 19.8 Å². The van der Waals surface area contributed by atoms with E-state index in [1.807, 2.05) is 0 Å². The third-order valence-electron chi connectivity index (χ3n) is 2.53. The van der Waals surface area contributed by atoms with Gasteiger partial charge in [-0.3, -0.25) is 4.90 Å². The summed E-state index contributed by atoms with van der Waals surface area (Å²) in [4.78, 5) is 3.24. The van der Waals surface area contributed by atoms with Gasteiger partial charge in [-0.15, -0.1) is 0 Å². The predicted molar refractivity (Wildman–Crippen MR) is 54.9 cm³/mol. The van der Waals surface area contributed by atoms with E-state index in [2.05, 4.69) is 27.8 Å². The second-order valence-corrected chi connectivity index (χ2v) is 4.81. The summed E-state index contributed by atoms with van der Waals surface area (Å²) in [5.41, 5.74) is 0. The van der Waals surface area contributed by atoms with E-state index < -0.39 is 0 Å². The molecule has 3 heteroatoms. The number of alkyl halides is 1. The van der Waals surface area contributed by atoms with Crippen LogP contribution in [0.2, 0.25) is 0 Å². The maximum atomic E-state index is 5.06. The van der Waals surface area contributed by atoms with E-state index in [0.29, 0.717) is 10.9 Å². The van der Waals surface area contributed by atoms with Gasteiger partial charge in [0.25, 0.3) is 0 Å². The molecule has 2 atom stereocenters. The van der Waals surface area contributed by atoms with Crippen molar-refractivity contribution in [2.45, 2.75) is 30.6 Å². The van der Waals surface area contributed by atoms with E-state index in [1.165, 1.54) is 19.5 Å². The summed E-state index contributed by atoms with van der Waals surface area (Å²) < 4.78 is 5.06. The van der Waals surface area contributed by atoms with Crippen molar-refractivity contribution in [2.24, 2.45) is 0 Å². The molecule has 1 rings (SSSR count). The van der Waals surface area contributed by atoms with Gasteiger partial charge < -0.3 is 4.74 Å². The second kappa shape index (κ2) is 5.20. The molecule has 12 heavy (non-hydrogen) atoms. The van der Waals surface area contributed by atoms with Crippen molar-refractivity contribution in [2.75, 3.05) is 26.8 Å². The Kier molecular flexibility index (Phi) is 4.54. The fraction of sp³-hybridized carbons (Fsp3) is 1.00. The molecule has 1 aliphatic heterocycles. The van der Waals surface area contributed by atoms with Gasteiger partial charge in [0.1, 0.15) is 0 Å². The Morgan fingerprint density at radius 3 is 2.92 bits per heavy atom. The Balaban J connectivity index is 2.18. The van der Waals surface area contributed by atoms with Crippen LogP contribution in [0.4, 0.5) is 0 Å². The smallest absolute Gasteiger partial charge is 0.0477 e. The standard InChI is InChI=1S/C9H18BrNO/c1-8(4-6-12-2)11-5-3-9(10)7-11/h8-9H,3-7H2,1-2H3. The Labute approximate surface area is 83.4 Å². The van der Waals surface area contributed by atoms with Crippen LogP contribution < -0.4 is 0 Å². The summed E-state index contributed by atoms with van der Waals surface area (Å²) in [6.07, 6.45) is 2.44. The van der Waals surface area contributed by atoms with Crippen molar-refractivity contribution in [1.29, 1.82) is 0 Å². The van der Waals surface area contributed by atoms with Crippen LogP contribution in [0.5, 0.6) is 0 Å². The highest BCUT2D eigenvalue weighted by Gasteiger charge is 2.23. The van der Waals surface area contributed by atoms with Crippen molar-refractivity contribution in [3.8, 4) is 0 Å². The number of rotatable bonds is 4. The summed E-state index contributed by atoms with van der Waals surface area (Å²) in [5.74, 6) is 0. The quantitative estimate of drug-likeness (QED) is 0.691. The molecule has 1 aliphatic rings. The number of hydrogen-bond donors (Lipinski definition) is 0. The van der Waals surface area contributed by atoms with Crippen LogP contribution in [0, 0.1) is 0 Å². The summed E-state index contributed by atoms with van der Waals surface area (Å²) >= 11 is 3.64. The number of methoxy groups -OCH3 is 1. The Morgan fingerprint density at radius 2 is 2.42 bits per heavy atom. The molecule has 0 bridgehead atoms. The van der Waals surface area contributed by atoms with E-state index >= 15 is 0 Å². The fourth-order valence-corrected chi connectivity index (χ4v) is 2.19. The van der Waals surface area contributed by atoms with Crippen molar-refractivity contribution < 1.29 is 4.74 Å². The van der Waals surface area contributed by atoms with Gasteiger partial charge in [-0.25, -0.2) is 0 Å².